The largest absolute Gasteiger partial charge is 0.379 e. The smallest absolute Gasteiger partial charge is 0.281 e. The van der Waals surface area contributed by atoms with Gasteiger partial charge in [0.2, 0.25) is 11.5 Å². The van der Waals surface area contributed by atoms with Gasteiger partial charge in [-0.05, 0) is 28.5 Å². The summed E-state index contributed by atoms with van der Waals surface area (Å²) in [6.45, 7) is 0. The Morgan fingerprint density at radius 2 is 2.16 bits per heavy atom. The maximum atomic E-state index is 11.8. The molecule has 1 heterocycles. The third kappa shape index (κ3) is 2.76. The first-order valence-corrected chi connectivity index (χ1v) is 5.73. The molecule has 0 spiro atoms. The van der Waals surface area contributed by atoms with Gasteiger partial charge in [-0.2, -0.15) is 0 Å². The molecule has 0 aliphatic rings. The van der Waals surface area contributed by atoms with Gasteiger partial charge in [0.25, 0.3) is 5.91 Å². The second-order valence-corrected chi connectivity index (χ2v) is 4.42. The Morgan fingerprint density at radius 3 is 2.68 bits per heavy atom. The van der Waals surface area contributed by atoms with Crippen molar-refractivity contribution in [3.63, 3.8) is 0 Å². The first-order valence-electron chi connectivity index (χ1n) is 5.35. The first kappa shape index (κ1) is 13.2. The van der Waals surface area contributed by atoms with E-state index in [4.69, 9.17) is 17.3 Å². The van der Waals surface area contributed by atoms with Crippen LogP contribution in [0, 0.1) is 0 Å². The van der Waals surface area contributed by atoms with E-state index in [1.807, 2.05) is 19.0 Å². The van der Waals surface area contributed by atoms with Gasteiger partial charge in [-0.3, -0.25) is 4.79 Å². The molecule has 2 aromatic rings. The first-order chi connectivity index (χ1) is 8.99. The van der Waals surface area contributed by atoms with Gasteiger partial charge >= 0.3 is 0 Å². The maximum absolute atomic E-state index is 11.8. The molecule has 0 aliphatic heterocycles. The number of anilines is 3. The lowest BCUT2D eigenvalue weighted by molar-refractivity contribution is 0.101. The van der Waals surface area contributed by atoms with Gasteiger partial charge in [0, 0.05) is 19.8 Å². The van der Waals surface area contributed by atoms with Gasteiger partial charge in [0.05, 0.1) is 10.7 Å². The van der Waals surface area contributed by atoms with Crippen molar-refractivity contribution in [1.29, 1.82) is 0 Å². The van der Waals surface area contributed by atoms with Crippen molar-refractivity contribution in [2.45, 2.75) is 0 Å². The molecule has 0 atom stereocenters. The summed E-state index contributed by atoms with van der Waals surface area (Å²) >= 11 is 6.10. The summed E-state index contributed by atoms with van der Waals surface area (Å²) in [4.78, 5) is 13.7. The van der Waals surface area contributed by atoms with E-state index < -0.39 is 5.91 Å². The highest BCUT2D eigenvalue weighted by atomic mass is 35.5. The van der Waals surface area contributed by atoms with Crippen LogP contribution in [0.4, 0.5) is 17.2 Å². The Labute approximate surface area is 114 Å². The van der Waals surface area contributed by atoms with Crippen LogP contribution in [0.1, 0.15) is 10.5 Å². The van der Waals surface area contributed by atoms with E-state index in [1.54, 1.807) is 18.2 Å². The number of nitrogen functional groups attached to an aromatic ring is 1. The fraction of sp³-hybridized carbons (Fsp3) is 0.182. The van der Waals surface area contributed by atoms with Crippen molar-refractivity contribution in [1.82, 2.24) is 10.3 Å². The Kier molecular flexibility index (Phi) is 3.57. The van der Waals surface area contributed by atoms with Crippen LogP contribution in [0.25, 0.3) is 0 Å². The van der Waals surface area contributed by atoms with Crippen molar-refractivity contribution in [3.8, 4) is 0 Å². The number of halogens is 1. The molecular formula is C11H12ClN5O2. The molecule has 0 saturated heterocycles. The molecule has 1 amide bonds. The van der Waals surface area contributed by atoms with Crippen LogP contribution in [-0.4, -0.2) is 30.3 Å². The van der Waals surface area contributed by atoms with E-state index in [0.29, 0.717) is 10.7 Å². The van der Waals surface area contributed by atoms with Crippen LogP contribution < -0.4 is 16.0 Å². The molecule has 0 unspecified atom stereocenters. The van der Waals surface area contributed by atoms with Crippen molar-refractivity contribution >= 4 is 34.7 Å². The standard InChI is InChI=1S/C11H12ClN5O2/c1-17(2)8-4-3-6(5-7(8)12)14-11(18)9-10(13)16-19-15-9/h3-5H,1-2H3,(H2,13,16)(H,14,18). The second kappa shape index (κ2) is 5.15. The molecule has 0 radical (unpaired) electrons. The lowest BCUT2D eigenvalue weighted by Crippen LogP contribution is -2.15. The maximum Gasteiger partial charge on any atom is 0.281 e. The highest BCUT2D eigenvalue weighted by molar-refractivity contribution is 6.33. The zero-order chi connectivity index (χ0) is 14.0. The van der Waals surface area contributed by atoms with E-state index in [0.717, 1.165) is 5.69 Å². The van der Waals surface area contributed by atoms with Crippen LogP contribution >= 0.6 is 11.6 Å². The summed E-state index contributed by atoms with van der Waals surface area (Å²) in [6.07, 6.45) is 0. The number of aromatic nitrogens is 2. The summed E-state index contributed by atoms with van der Waals surface area (Å²) in [5, 5.41) is 9.88. The number of nitrogens with one attached hydrogen (secondary N) is 1. The summed E-state index contributed by atoms with van der Waals surface area (Å²) in [5.41, 5.74) is 6.75. The number of carbonyl (C=O) groups is 1. The number of carbonyl (C=O) groups excluding carboxylic acids is 1. The second-order valence-electron chi connectivity index (χ2n) is 4.01. The number of amides is 1. The van der Waals surface area contributed by atoms with E-state index >= 15 is 0 Å². The molecule has 8 heteroatoms. The number of rotatable bonds is 3. The Hall–Kier alpha value is -2.28. The Balaban J connectivity index is 2.18. The third-order valence-electron chi connectivity index (χ3n) is 2.42. The summed E-state index contributed by atoms with van der Waals surface area (Å²) < 4.78 is 4.36. The van der Waals surface area contributed by atoms with Crippen LogP contribution in [0.15, 0.2) is 22.8 Å². The average molecular weight is 282 g/mol. The SMILES string of the molecule is CN(C)c1ccc(NC(=O)c2nonc2N)cc1Cl. The summed E-state index contributed by atoms with van der Waals surface area (Å²) in [6, 6.07) is 5.16. The average Bonchev–Trinajstić information content (AvgIpc) is 2.75. The normalized spacial score (nSPS) is 10.3. The lowest BCUT2D eigenvalue weighted by Gasteiger charge is -2.15. The van der Waals surface area contributed by atoms with Gasteiger partial charge in [0.15, 0.2) is 0 Å². The Morgan fingerprint density at radius 1 is 1.42 bits per heavy atom. The molecule has 0 saturated carbocycles. The zero-order valence-electron chi connectivity index (χ0n) is 10.3. The molecular weight excluding hydrogens is 270 g/mol. The van der Waals surface area contributed by atoms with Gasteiger partial charge in [0.1, 0.15) is 0 Å². The van der Waals surface area contributed by atoms with Gasteiger partial charge in [-0.15, -0.1) is 0 Å². The third-order valence-corrected chi connectivity index (χ3v) is 2.72. The van der Waals surface area contributed by atoms with Gasteiger partial charge in [-0.1, -0.05) is 11.6 Å². The predicted octanol–water partition coefficient (Wildman–Crippen LogP) is 1.62. The minimum Gasteiger partial charge on any atom is -0.379 e. The lowest BCUT2D eigenvalue weighted by atomic mass is 10.2. The molecule has 0 aliphatic carbocycles. The van der Waals surface area contributed by atoms with E-state index in [1.165, 1.54) is 0 Å². The molecule has 1 aromatic carbocycles. The summed E-state index contributed by atoms with van der Waals surface area (Å²) in [7, 11) is 3.75. The van der Waals surface area contributed by atoms with Crippen LogP contribution in [0.3, 0.4) is 0 Å². The van der Waals surface area contributed by atoms with E-state index in [2.05, 4.69) is 20.3 Å². The fourth-order valence-corrected chi connectivity index (χ4v) is 1.84. The summed E-state index contributed by atoms with van der Waals surface area (Å²) in [5.74, 6) is -0.569. The highest BCUT2D eigenvalue weighted by Crippen LogP contribution is 2.27. The molecule has 3 N–H and O–H groups in total. The quantitative estimate of drug-likeness (QED) is 0.887. The molecule has 7 nitrogen and oxygen atoms in total. The Bertz CT molecular complexity index is 611. The van der Waals surface area contributed by atoms with Crippen molar-refractivity contribution < 1.29 is 9.42 Å². The molecule has 2 rings (SSSR count). The van der Waals surface area contributed by atoms with Crippen LogP contribution in [0.5, 0.6) is 0 Å². The zero-order valence-corrected chi connectivity index (χ0v) is 11.1. The van der Waals surface area contributed by atoms with Crippen LogP contribution in [-0.2, 0) is 0 Å². The van der Waals surface area contributed by atoms with Crippen molar-refractivity contribution in [2.75, 3.05) is 30.0 Å². The molecule has 19 heavy (non-hydrogen) atoms. The molecule has 1 aromatic heterocycles. The molecule has 0 fully saturated rings. The van der Waals surface area contributed by atoms with Gasteiger partial charge < -0.3 is 16.0 Å². The molecule has 100 valence electrons. The minimum absolute atomic E-state index is 0.0616. The minimum atomic E-state index is -0.507. The highest BCUT2D eigenvalue weighted by Gasteiger charge is 2.16. The molecule has 0 bridgehead atoms. The number of hydrogen-bond donors (Lipinski definition) is 2. The van der Waals surface area contributed by atoms with E-state index in [-0.39, 0.29) is 11.5 Å². The van der Waals surface area contributed by atoms with E-state index in [9.17, 15) is 4.79 Å². The number of nitrogens with zero attached hydrogens (tertiary/aromatic N) is 3. The van der Waals surface area contributed by atoms with Crippen LogP contribution in [0.2, 0.25) is 5.02 Å². The monoisotopic (exact) mass is 281 g/mol. The predicted molar refractivity (Wildman–Crippen MR) is 72.4 cm³/mol. The van der Waals surface area contributed by atoms with Gasteiger partial charge in [-0.25, -0.2) is 4.63 Å². The van der Waals surface area contributed by atoms with Crippen molar-refractivity contribution in [2.24, 2.45) is 0 Å². The van der Waals surface area contributed by atoms with Crippen molar-refractivity contribution in [3.05, 3.63) is 28.9 Å². The number of benzene rings is 1. The number of hydrogen-bond acceptors (Lipinski definition) is 6. The fourth-order valence-electron chi connectivity index (χ4n) is 1.49. The topological polar surface area (TPSA) is 97.3 Å². The number of nitrogens with two attached hydrogens (primary N) is 1.